The summed E-state index contributed by atoms with van der Waals surface area (Å²) >= 11 is 1.95. The molecule has 2 heteroatoms. The first kappa shape index (κ1) is 7.25. The van der Waals surface area contributed by atoms with Gasteiger partial charge < -0.3 is 5.11 Å². The van der Waals surface area contributed by atoms with E-state index in [0.717, 1.165) is 0 Å². The average molecular weight is 210 g/mol. The molecule has 0 saturated carbocycles. The van der Waals surface area contributed by atoms with Gasteiger partial charge in [0.2, 0.25) is 0 Å². The Kier molecular flexibility index (Phi) is 4.57. The molecule has 1 N–H and O–H groups in total. The van der Waals surface area contributed by atoms with Gasteiger partial charge in [0.05, 0.1) is 6.10 Å². The van der Waals surface area contributed by atoms with Crippen molar-refractivity contribution in [2.24, 2.45) is 0 Å². The molecule has 0 aliphatic rings. The van der Waals surface area contributed by atoms with Gasteiger partial charge in [-0.25, -0.2) is 0 Å². The van der Waals surface area contributed by atoms with Crippen LogP contribution in [0.3, 0.4) is 0 Å². The molecular formula is C5H7IO. The molecule has 0 fully saturated rings. The molecule has 1 atom stereocenters. The van der Waals surface area contributed by atoms with Crippen molar-refractivity contribution in [3.63, 3.8) is 0 Å². The molecule has 0 heterocycles. The first-order valence-electron chi connectivity index (χ1n) is 2.04. The quantitative estimate of drug-likeness (QED) is 0.508. The molecule has 0 radical (unpaired) electrons. The van der Waals surface area contributed by atoms with E-state index in [9.17, 15) is 0 Å². The largest absolute Gasteiger partial charge is 0.392 e. The first-order valence-corrected chi connectivity index (χ1v) is 3.12. The van der Waals surface area contributed by atoms with E-state index >= 15 is 0 Å². The van der Waals surface area contributed by atoms with E-state index < -0.39 is 0 Å². The number of aliphatic hydroxyl groups excluding tert-OH is 1. The Bertz CT molecular complexity index is 88.0. The first-order chi connectivity index (χ1) is 3.27. The number of hydrogen-bond donors (Lipinski definition) is 1. The molecule has 0 spiro atoms. The van der Waals surface area contributed by atoms with Crippen molar-refractivity contribution < 1.29 is 5.11 Å². The Hall–Kier alpha value is 0.250. The Labute approximate surface area is 57.3 Å². The van der Waals surface area contributed by atoms with Crippen LogP contribution in [-0.4, -0.2) is 11.2 Å². The average Bonchev–Trinajstić information content (AvgIpc) is 1.61. The summed E-state index contributed by atoms with van der Waals surface area (Å²) in [7, 11) is 0. The topological polar surface area (TPSA) is 20.2 Å². The van der Waals surface area contributed by atoms with Crippen LogP contribution in [0.4, 0.5) is 0 Å². The van der Waals surface area contributed by atoms with E-state index in [-0.39, 0.29) is 6.10 Å². The van der Waals surface area contributed by atoms with Crippen LogP contribution in [0.5, 0.6) is 0 Å². The van der Waals surface area contributed by atoms with E-state index in [1.54, 1.807) is 6.92 Å². The molecule has 0 aromatic carbocycles. The highest BCUT2D eigenvalue weighted by Gasteiger charge is 1.85. The minimum Gasteiger partial charge on any atom is -0.392 e. The maximum absolute atomic E-state index is 8.58. The van der Waals surface area contributed by atoms with Crippen molar-refractivity contribution in [2.75, 3.05) is 0 Å². The summed E-state index contributed by atoms with van der Waals surface area (Å²) in [5.74, 6) is 2.73. The highest BCUT2D eigenvalue weighted by Crippen LogP contribution is 1.85. The molecule has 0 aliphatic heterocycles. The fraction of sp³-hybridized carbons (Fsp3) is 0.600. The second-order valence-corrected chi connectivity index (χ2v) is 1.86. The summed E-state index contributed by atoms with van der Waals surface area (Å²) in [6.45, 7) is 1.72. The monoisotopic (exact) mass is 210 g/mol. The minimum absolute atomic E-state index is 0.276. The number of hydrogen-bond acceptors (Lipinski definition) is 1. The van der Waals surface area contributed by atoms with Gasteiger partial charge in [-0.15, -0.1) is 0 Å². The van der Waals surface area contributed by atoms with Crippen molar-refractivity contribution in [3.05, 3.63) is 0 Å². The van der Waals surface area contributed by atoms with Gasteiger partial charge in [-0.3, -0.25) is 0 Å². The summed E-state index contributed by atoms with van der Waals surface area (Å²) in [4.78, 5) is 0. The van der Waals surface area contributed by atoms with Crippen LogP contribution in [-0.2, 0) is 0 Å². The van der Waals surface area contributed by atoms with Gasteiger partial charge in [-0.05, 0) is 10.9 Å². The minimum atomic E-state index is -0.276. The molecule has 0 aromatic heterocycles. The molecule has 40 valence electrons. The van der Waals surface area contributed by atoms with E-state index in [1.165, 1.54) is 0 Å². The van der Waals surface area contributed by atoms with Gasteiger partial charge >= 0.3 is 0 Å². The Balaban J connectivity index is 3.08. The Morgan fingerprint density at radius 2 is 2.43 bits per heavy atom. The van der Waals surface area contributed by atoms with Crippen LogP contribution < -0.4 is 0 Å². The molecular weight excluding hydrogens is 203 g/mol. The van der Waals surface area contributed by atoms with Gasteiger partial charge in [-0.1, -0.05) is 5.92 Å². The van der Waals surface area contributed by atoms with Gasteiger partial charge in [0.25, 0.3) is 0 Å². The SMILES string of the molecule is CC(O)CC#CI. The van der Waals surface area contributed by atoms with Crippen molar-refractivity contribution in [1.29, 1.82) is 0 Å². The summed E-state index contributed by atoms with van der Waals surface area (Å²) in [5, 5.41) is 8.58. The van der Waals surface area contributed by atoms with E-state index in [4.69, 9.17) is 5.11 Å². The second-order valence-electron chi connectivity index (χ2n) is 1.32. The molecule has 1 unspecified atom stereocenters. The Morgan fingerprint density at radius 3 is 2.57 bits per heavy atom. The maximum atomic E-state index is 8.58. The molecule has 0 aliphatic carbocycles. The van der Waals surface area contributed by atoms with Gasteiger partial charge in [0, 0.05) is 29.0 Å². The molecule has 0 rings (SSSR count). The number of halogens is 1. The van der Waals surface area contributed by atoms with Crippen molar-refractivity contribution in [2.45, 2.75) is 19.4 Å². The Morgan fingerprint density at radius 1 is 1.86 bits per heavy atom. The molecule has 0 aromatic rings. The highest BCUT2D eigenvalue weighted by atomic mass is 127. The molecule has 0 saturated heterocycles. The van der Waals surface area contributed by atoms with Crippen molar-refractivity contribution >= 4 is 22.6 Å². The summed E-state index contributed by atoms with van der Waals surface area (Å²) in [5.41, 5.74) is 0. The lowest BCUT2D eigenvalue weighted by Gasteiger charge is -1.90. The van der Waals surface area contributed by atoms with E-state index in [1.807, 2.05) is 22.6 Å². The smallest absolute Gasteiger partial charge is 0.0621 e. The lowest BCUT2D eigenvalue weighted by Crippen LogP contribution is -1.95. The fourth-order valence-corrected chi connectivity index (χ4v) is 0.406. The normalized spacial score (nSPS) is 11.9. The lowest BCUT2D eigenvalue weighted by atomic mass is 10.3. The molecule has 0 bridgehead atoms. The van der Waals surface area contributed by atoms with Crippen LogP contribution in [0.15, 0.2) is 0 Å². The maximum Gasteiger partial charge on any atom is 0.0621 e. The van der Waals surface area contributed by atoms with Gasteiger partial charge in [0.1, 0.15) is 0 Å². The lowest BCUT2D eigenvalue weighted by molar-refractivity contribution is 0.201. The number of rotatable bonds is 1. The molecule has 7 heavy (non-hydrogen) atoms. The second kappa shape index (κ2) is 4.41. The predicted octanol–water partition coefficient (Wildman–Crippen LogP) is 1.15. The third-order valence-electron chi connectivity index (χ3n) is 0.464. The van der Waals surface area contributed by atoms with Crippen LogP contribution in [0.1, 0.15) is 13.3 Å². The van der Waals surface area contributed by atoms with Gasteiger partial charge in [0.15, 0.2) is 0 Å². The van der Waals surface area contributed by atoms with Crippen molar-refractivity contribution in [1.82, 2.24) is 0 Å². The van der Waals surface area contributed by atoms with Crippen LogP contribution in [0.2, 0.25) is 0 Å². The third-order valence-corrected chi connectivity index (χ3v) is 0.846. The van der Waals surface area contributed by atoms with E-state index in [2.05, 4.69) is 9.85 Å². The zero-order valence-electron chi connectivity index (χ0n) is 4.11. The molecule has 0 amide bonds. The standard InChI is InChI=1S/C5H7IO/c1-5(7)3-2-4-6/h5,7H,3H2,1H3. The predicted molar refractivity (Wildman–Crippen MR) is 38.1 cm³/mol. The van der Waals surface area contributed by atoms with Crippen molar-refractivity contribution in [3.8, 4) is 9.85 Å². The van der Waals surface area contributed by atoms with Crippen LogP contribution in [0, 0.1) is 9.85 Å². The number of aliphatic hydroxyl groups is 1. The van der Waals surface area contributed by atoms with E-state index in [0.29, 0.717) is 6.42 Å². The van der Waals surface area contributed by atoms with Crippen LogP contribution >= 0.6 is 22.6 Å². The zero-order chi connectivity index (χ0) is 5.70. The summed E-state index contributed by atoms with van der Waals surface area (Å²) in [6, 6.07) is 0. The summed E-state index contributed by atoms with van der Waals surface area (Å²) < 4.78 is 2.66. The van der Waals surface area contributed by atoms with Crippen LogP contribution in [0.25, 0.3) is 0 Å². The zero-order valence-corrected chi connectivity index (χ0v) is 6.27. The third kappa shape index (κ3) is 6.25. The summed E-state index contributed by atoms with van der Waals surface area (Å²) in [6.07, 6.45) is 0.311. The highest BCUT2D eigenvalue weighted by molar-refractivity contribution is 14.1. The fourth-order valence-electron chi connectivity index (χ4n) is 0.186. The van der Waals surface area contributed by atoms with Gasteiger partial charge in [-0.2, -0.15) is 0 Å². The molecule has 1 nitrogen and oxygen atoms in total.